The van der Waals surface area contributed by atoms with E-state index in [-0.39, 0.29) is 27.6 Å². The van der Waals surface area contributed by atoms with Gasteiger partial charge in [0, 0.05) is 36.5 Å². The van der Waals surface area contributed by atoms with Gasteiger partial charge in [-0.2, -0.15) is 0 Å². The van der Waals surface area contributed by atoms with E-state index < -0.39 is 23.1 Å². The summed E-state index contributed by atoms with van der Waals surface area (Å²) in [5.74, 6) is -2.75. The van der Waals surface area contributed by atoms with Crippen molar-refractivity contribution in [1.82, 2.24) is 4.98 Å². The third-order valence-electron chi connectivity index (χ3n) is 5.53. The highest BCUT2D eigenvalue weighted by Gasteiger charge is 2.66. The lowest BCUT2D eigenvalue weighted by atomic mass is 9.85. The zero-order valence-electron chi connectivity index (χ0n) is 16.2. The number of aliphatic imine (C=N–C) groups is 1. The van der Waals surface area contributed by atoms with Crippen LogP contribution in [0.1, 0.15) is 29.4 Å². The number of hydrogen-bond donors (Lipinski definition) is 2. The Morgan fingerprint density at radius 1 is 1.43 bits per heavy atom. The van der Waals surface area contributed by atoms with Gasteiger partial charge >= 0.3 is 0 Å². The summed E-state index contributed by atoms with van der Waals surface area (Å²) in [6, 6.07) is 5.28. The molecule has 0 unspecified atom stereocenters. The number of pyridine rings is 1. The molecule has 1 aliphatic carbocycles. The topological polar surface area (TPSA) is 89.6 Å². The van der Waals surface area contributed by atoms with Gasteiger partial charge in [0.15, 0.2) is 16.8 Å². The summed E-state index contributed by atoms with van der Waals surface area (Å²) in [5.41, 5.74) is 5.16. The van der Waals surface area contributed by atoms with E-state index >= 15 is 0 Å². The molecule has 0 radical (unpaired) electrons. The molecule has 1 fully saturated rings. The van der Waals surface area contributed by atoms with Gasteiger partial charge in [-0.1, -0.05) is 23.4 Å². The number of benzene rings is 1. The van der Waals surface area contributed by atoms with Gasteiger partial charge < -0.3 is 15.8 Å². The van der Waals surface area contributed by atoms with Crippen molar-refractivity contribution in [2.24, 2.45) is 16.6 Å². The normalized spacial score (nSPS) is 27.2. The zero-order chi connectivity index (χ0) is 21.7. The zero-order valence-corrected chi connectivity index (χ0v) is 17.8. The van der Waals surface area contributed by atoms with Gasteiger partial charge in [0.2, 0.25) is 0 Å². The lowest BCUT2D eigenvalue weighted by Gasteiger charge is -2.34. The average Bonchev–Trinajstić information content (AvgIpc) is 3.40. The molecule has 4 rings (SSSR count). The van der Waals surface area contributed by atoms with Crippen molar-refractivity contribution in [2.45, 2.75) is 23.6 Å². The molecule has 0 bridgehead atoms. The molecule has 1 aromatic carbocycles. The van der Waals surface area contributed by atoms with Crippen LogP contribution in [0.3, 0.4) is 0 Å². The number of nitrogens with one attached hydrogen (secondary N) is 1. The Morgan fingerprint density at radius 3 is 2.87 bits per heavy atom. The molecule has 1 saturated carbocycles. The number of anilines is 1. The maximum absolute atomic E-state index is 14.9. The summed E-state index contributed by atoms with van der Waals surface area (Å²) in [6.07, 6.45) is 2.03. The van der Waals surface area contributed by atoms with Gasteiger partial charge in [-0.3, -0.25) is 9.79 Å². The fourth-order valence-electron chi connectivity index (χ4n) is 4.06. The van der Waals surface area contributed by atoms with Crippen LogP contribution in [-0.2, 0) is 10.3 Å². The third kappa shape index (κ3) is 3.55. The molecule has 6 nitrogen and oxygen atoms in total. The first-order valence-corrected chi connectivity index (χ1v) is 10.3. The lowest BCUT2D eigenvalue weighted by molar-refractivity contribution is 0.102. The second kappa shape index (κ2) is 7.47. The van der Waals surface area contributed by atoms with E-state index in [1.807, 2.05) is 0 Å². The first-order chi connectivity index (χ1) is 14.2. The summed E-state index contributed by atoms with van der Waals surface area (Å²) in [4.78, 5) is 20.9. The predicted molar refractivity (Wildman–Crippen MR) is 113 cm³/mol. The molecule has 158 valence electrons. The van der Waals surface area contributed by atoms with E-state index in [0.717, 1.165) is 6.07 Å². The van der Waals surface area contributed by atoms with Crippen LogP contribution in [0.5, 0.6) is 0 Å². The number of fused-ring (bicyclic) bond motifs is 1. The number of amides is 1. The number of nitrogens with two attached hydrogens (primary N) is 1. The number of carbonyl (C=O) groups is 1. The third-order valence-corrected chi connectivity index (χ3v) is 7.03. The average molecular weight is 453 g/mol. The smallest absolute Gasteiger partial charge is 0.274 e. The Labute approximate surface area is 181 Å². The van der Waals surface area contributed by atoms with Crippen LogP contribution in [0.2, 0.25) is 5.02 Å². The lowest BCUT2D eigenvalue weighted by Crippen LogP contribution is -2.38. The van der Waals surface area contributed by atoms with Crippen LogP contribution in [0.25, 0.3) is 0 Å². The molecule has 0 saturated heterocycles. The van der Waals surface area contributed by atoms with Crippen molar-refractivity contribution in [3.8, 4) is 0 Å². The van der Waals surface area contributed by atoms with Gasteiger partial charge in [-0.25, -0.2) is 13.8 Å². The van der Waals surface area contributed by atoms with Crippen LogP contribution in [0, 0.1) is 17.6 Å². The van der Waals surface area contributed by atoms with E-state index in [1.165, 1.54) is 36.2 Å². The van der Waals surface area contributed by atoms with Crippen LogP contribution in [0.4, 0.5) is 14.5 Å². The van der Waals surface area contributed by atoms with Gasteiger partial charge in [-0.05, 0) is 31.5 Å². The monoisotopic (exact) mass is 452 g/mol. The number of rotatable bonds is 5. The Hall–Kier alpha value is -2.23. The minimum Gasteiger partial charge on any atom is -0.383 e. The Balaban J connectivity index is 1.69. The van der Waals surface area contributed by atoms with Crippen molar-refractivity contribution in [3.05, 3.63) is 58.4 Å². The van der Waals surface area contributed by atoms with Crippen LogP contribution in [0.15, 0.2) is 35.5 Å². The van der Waals surface area contributed by atoms with E-state index in [2.05, 4.69) is 15.3 Å². The first-order valence-electron chi connectivity index (χ1n) is 9.14. The SMILES string of the molecule is COC[C@]12C[C@H]1[C@@](C)(c1cc(NC(=O)c3ccc(Cl)cn3)cc(F)c1F)N=C(N)S2. The van der Waals surface area contributed by atoms with Gasteiger partial charge in [-0.15, -0.1) is 0 Å². The molecule has 2 heterocycles. The van der Waals surface area contributed by atoms with Gasteiger partial charge in [0.25, 0.3) is 5.91 Å². The molecule has 10 heteroatoms. The number of nitrogens with zero attached hydrogens (tertiary/aromatic N) is 2. The van der Waals surface area contributed by atoms with Crippen molar-refractivity contribution in [2.75, 3.05) is 19.0 Å². The minimum atomic E-state index is -1.09. The fraction of sp³-hybridized carbons (Fsp3) is 0.350. The molecular weight excluding hydrogens is 434 g/mol. The highest BCUT2D eigenvalue weighted by Crippen LogP contribution is 2.66. The van der Waals surface area contributed by atoms with Crippen LogP contribution in [-0.4, -0.2) is 34.5 Å². The quantitative estimate of drug-likeness (QED) is 0.717. The van der Waals surface area contributed by atoms with Gasteiger partial charge in [0.05, 0.1) is 21.9 Å². The number of aromatic nitrogens is 1. The van der Waals surface area contributed by atoms with E-state index in [9.17, 15) is 13.6 Å². The van der Waals surface area contributed by atoms with Crippen LogP contribution >= 0.6 is 23.4 Å². The number of halogens is 3. The Bertz CT molecular complexity index is 1050. The van der Waals surface area contributed by atoms with Crippen LogP contribution < -0.4 is 11.1 Å². The summed E-state index contributed by atoms with van der Waals surface area (Å²) in [5, 5.41) is 3.23. The summed E-state index contributed by atoms with van der Waals surface area (Å²) in [6.45, 7) is 2.16. The molecular formula is C20H19ClF2N4O2S. The Morgan fingerprint density at radius 2 is 2.20 bits per heavy atom. The minimum absolute atomic E-state index is 0.0353. The number of ether oxygens (including phenoxy) is 1. The molecule has 3 N–H and O–H groups in total. The molecule has 1 amide bonds. The molecule has 0 spiro atoms. The summed E-state index contributed by atoms with van der Waals surface area (Å²) in [7, 11) is 1.59. The number of carbonyl (C=O) groups excluding carboxylic acids is 1. The summed E-state index contributed by atoms with van der Waals surface area (Å²) >= 11 is 7.19. The molecule has 1 aliphatic heterocycles. The number of amidine groups is 1. The maximum atomic E-state index is 14.9. The molecule has 30 heavy (non-hydrogen) atoms. The predicted octanol–water partition coefficient (Wildman–Crippen LogP) is 3.95. The largest absolute Gasteiger partial charge is 0.383 e. The standard InChI is InChI=1S/C20H19ClF2N4O2S/c1-19(15-7-20(15,9-29-2)30-18(24)27-19)12-5-11(6-13(22)16(12)23)26-17(28)14-4-3-10(21)8-25-14/h3-6,8,15H,7,9H2,1-2H3,(H2,24,27)(H,26,28)/t15-,19+,20+/m0/s1. The highest BCUT2D eigenvalue weighted by molar-refractivity contribution is 8.15. The van der Waals surface area contributed by atoms with E-state index in [0.29, 0.717) is 23.2 Å². The summed E-state index contributed by atoms with van der Waals surface area (Å²) < 4.78 is 34.4. The number of thioether (sulfide) groups is 1. The number of methoxy groups -OCH3 is 1. The van der Waals surface area contributed by atoms with E-state index in [4.69, 9.17) is 22.1 Å². The first kappa shape index (κ1) is 21.0. The molecule has 2 aliphatic rings. The molecule has 3 atom stereocenters. The van der Waals surface area contributed by atoms with Crippen molar-refractivity contribution >= 4 is 40.1 Å². The van der Waals surface area contributed by atoms with Crippen molar-refractivity contribution < 1.29 is 18.3 Å². The van der Waals surface area contributed by atoms with E-state index in [1.54, 1.807) is 14.0 Å². The van der Waals surface area contributed by atoms with Crippen molar-refractivity contribution in [1.29, 1.82) is 0 Å². The second-order valence-electron chi connectivity index (χ2n) is 7.59. The number of hydrogen-bond acceptors (Lipinski definition) is 6. The molecule has 2 aromatic rings. The fourth-order valence-corrected chi connectivity index (χ4v) is 5.63. The second-order valence-corrected chi connectivity index (χ2v) is 9.46. The van der Waals surface area contributed by atoms with Crippen molar-refractivity contribution in [3.63, 3.8) is 0 Å². The molecule has 1 aromatic heterocycles. The Kier molecular flexibility index (Phi) is 5.24. The highest BCUT2D eigenvalue weighted by atomic mass is 35.5. The van der Waals surface area contributed by atoms with Gasteiger partial charge in [0.1, 0.15) is 5.69 Å². The maximum Gasteiger partial charge on any atom is 0.274 e.